The van der Waals surface area contributed by atoms with Crippen LogP contribution < -0.4 is 10.6 Å². The van der Waals surface area contributed by atoms with E-state index in [-0.39, 0.29) is 25.7 Å². The molecule has 0 spiro atoms. The molecule has 5 rings (SSSR count). The summed E-state index contributed by atoms with van der Waals surface area (Å²) < 4.78 is 11.0. The van der Waals surface area contributed by atoms with Crippen molar-refractivity contribution in [2.75, 3.05) is 26.4 Å². The fourth-order valence-corrected chi connectivity index (χ4v) is 5.22. The summed E-state index contributed by atoms with van der Waals surface area (Å²) >= 11 is 0. The maximum Gasteiger partial charge on any atom is 0.408 e. The van der Waals surface area contributed by atoms with Gasteiger partial charge in [-0.15, -0.1) is 0 Å². The van der Waals surface area contributed by atoms with E-state index in [0.717, 1.165) is 28.7 Å². The summed E-state index contributed by atoms with van der Waals surface area (Å²) in [4.78, 5) is 37.5. The van der Waals surface area contributed by atoms with Gasteiger partial charge in [-0.2, -0.15) is 0 Å². The highest BCUT2D eigenvalue weighted by Gasteiger charge is 2.48. The Morgan fingerprint density at radius 2 is 1.65 bits per heavy atom. The van der Waals surface area contributed by atoms with Gasteiger partial charge in [0.15, 0.2) is 0 Å². The van der Waals surface area contributed by atoms with Crippen LogP contribution in [0.5, 0.6) is 0 Å². The molecule has 0 radical (unpaired) electrons. The first-order chi connectivity index (χ1) is 16.4. The number of carbonyl (C=O) groups excluding carboxylic acids is 2. The number of ether oxygens (including phenoxy) is 2. The number of carboxylic acid groups (broad SMARTS) is 1. The van der Waals surface area contributed by atoms with Gasteiger partial charge < -0.3 is 25.2 Å². The zero-order valence-corrected chi connectivity index (χ0v) is 18.8. The summed E-state index contributed by atoms with van der Waals surface area (Å²) in [5.41, 5.74) is 2.29. The quantitative estimate of drug-likeness (QED) is 0.580. The van der Waals surface area contributed by atoms with Crippen molar-refractivity contribution < 1.29 is 29.0 Å². The van der Waals surface area contributed by atoms with Crippen LogP contribution in [0, 0.1) is 5.41 Å². The SMILES string of the molecule is O=C(NC1(C(=O)NCC2(C(=O)O)CCC2)CCOC1)OCC1c2ccccc2-c2ccccc21. The van der Waals surface area contributed by atoms with Crippen molar-refractivity contribution >= 4 is 18.0 Å². The summed E-state index contributed by atoms with van der Waals surface area (Å²) in [5, 5.41) is 15.0. The van der Waals surface area contributed by atoms with Gasteiger partial charge in [0.25, 0.3) is 0 Å². The number of amides is 2. The third-order valence-corrected chi connectivity index (χ3v) is 7.49. The molecule has 1 heterocycles. The van der Waals surface area contributed by atoms with Crippen molar-refractivity contribution in [3.63, 3.8) is 0 Å². The van der Waals surface area contributed by atoms with Gasteiger partial charge >= 0.3 is 12.1 Å². The monoisotopic (exact) mass is 464 g/mol. The Hall–Kier alpha value is -3.39. The maximum atomic E-state index is 13.0. The highest BCUT2D eigenvalue weighted by atomic mass is 16.6. The molecule has 0 bridgehead atoms. The molecule has 3 aliphatic rings. The molecule has 2 aliphatic carbocycles. The number of alkyl carbamates (subject to hydrolysis) is 1. The number of hydrogen-bond acceptors (Lipinski definition) is 5. The standard InChI is InChI=1S/C26H28N2O6/c29-22(27-15-25(23(30)31)10-5-11-25)26(12-13-33-16-26)28-24(32)34-14-21-19-8-3-1-6-17(19)18-7-2-4-9-20(18)21/h1-4,6-9,21H,5,10-16H2,(H,27,29)(H,28,32)(H,30,31). The molecule has 1 aliphatic heterocycles. The van der Waals surface area contributed by atoms with Crippen molar-refractivity contribution in [1.82, 2.24) is 10.6 Å². The first-order valence-electron chi connectivity index (χ1n) is 11.7. The van der Waals surface area contributed by atoms with E-state index in [9.17, 15) is 19.5 Å². The minimum atomic E-state index is -1.27. The van der Waals surface area contributed by atoms with Crippen LogP contribution in [0.1, 0.15) is 42.7 Å². The van der Waals surface area contributed by atoms with Crippen LogP contribution in [0.15, 0.2) is 48.5 Å². The predicted molar refractivity (Wildman–Crippen MR) is 123 cm³/mol. The number of fused-ring (bicyclic) bond motifs is 3. The van der Waals surface area contributed by atoms with Gasteiger partial charge in [0.2, 0.25) is 5.91 Å². The van der Waals surface area contributed by atoms with Crippen molar-refractivity contribution in [1.29, 1.82) is 0 Å². The Morgan fingerprint density at radius 3 is 2.18 bits per heavy atom. The van der Waals surface area contributed by atoms with E-state index in [1.165, 1.54) is 0 Å². The zero-order chi connectivity index (χ0) is 23.8. The van der Waals surface area contributed by atoms with Gasteiger partial charge in [-0.3, -0.25) is 9.59 Å². The van der Waals surface area contributed by atoms with Crippen LogP contribution in [0.4, 0.5) is 4.79 Å². The fourth-order valence-electron chi connectivity index (χ4n) is 5.22. The number of nitrogens with one attached hydrogen (secondary N) is 2. The van der Waals surface area contributed by atoms with Gasteiger partial charge in [-0.25, -0.2) is 4.79 Å². The van der Waals surface area contributed by atoms with Gasteiger partial charge in [-0.05, 0) is 35.1 Å². The smallest absolute Gasteiger partial charge is 0.408 e. The molecule has 1 saturated carbocycles. The average molecular weight is 465 g/mol. The molecule has 2 aromatic rings. The van der Waals surface area contributed by atoms with Gasteiger partial charge in [0.05, 0.1) is 12.0 Å². The lowest BCUT2D eigenvalue weighted by atomic mass is 9.68. The molecule has 1 unspecified atom stereocenters. The molecule has 0 aromatic heterocycles. The lowest BCUT2D eigenvalue weighted by Crippen LogP contribution is -2.61. The second kappa shape index (κ2) is 8.76. The minimum Gasteiger partial charge on any atom is -0.481 e. The molecule has 2 amide bonds. The summed E-state index contributed by atoms with van der Waals surface area (Å²) in [5.74, 6) is -1.43. The van der Waals surface area contributed by atoms with Crippen LogP contribution >= 0.6 is 0 Å². The molecule has 1 saturated heterocycles. The number of carboxylic acids is 1. The molecule has 1 atom stereocenters. The second-order valence-electron chi connectivity index (χ2n) is 9.46. The Balaban J connectivity index is 1.24. The fraction of sp³-hybridized carbons (Fsp3) is 0.423. The van der Waals surface area contributed by atoms with E-state index in [1.54, 1.807) is 0 Å². The van der Waals surface area contributed by atoms with E-state index >= 15 is 0 Å². The first-order valence-corrected chi connectivity index (χ1v) is 11.7. The van der Waals surface area contributed by atoms with Crippen molar-refractivity contribution in [3.8, 4) is 11.1 Å². The first kappa shape index (κ1) is 22.4. The molecule has 3 N–H and O–H groups in total. The van der Waals surface area contributed by atoms with Crippen molar-refractivity contribution in [2.45, 2.75) is 37.1 Å². The van der Waals surface area contributed by atoms with Crippen LogP contribution in [0.25, 0.3) is 11.1 Å². The van der Waals surface area contributed by atoms with Crippen LogP contribution in [-0.4, -0.2) is 55.0 Å². The normalized spacial score (nSPS) is 22.2. The molecule has 178 valence electrons. The van der Waals surface area contributed by atoms with Gasteiger partial charge in [0.1, 0.15) is 12.1 Å². The average Bonchev–Trinajstić information content (AvgIpc) is 3.40. The Labute approximate surface area is 197 Å². The second-order valence-corrected chi connectivity index (χ2v) is 9.46. The van der Waals surface area contributed by atoms with Crippen LogP contribution in [0.3, 0.4) is 0 Å². The van der Waals surface area contributed by atoms with Crippen molar-refractivity contribution in [2.24, 2.45) is 5.41 Å². The molecule has 34 heavy (non-hydrogen) atoms. The van der Waals surface area contributed by atoms with Crippen molar-refractivity contribution in [3.05, 3.63) is 59.7 Å². The largest absolute Gasteiger partial charge is 0.481 e. The Bertz CT molecular complexity index is 1070. The van der Waals surface area contributed by atoms with Crippen LogP contribution in [-0.2, 0) is 19.1 Å². The molecule has 8 nitrogen and oxygen atoms in total. The zero-order valence-electron chi connectivity index (χ0n) is 18.8. The minimum absolute atomic E-state index is 0.0170. The summed E-state index contributed by atoms with van der Waals surface area (Å²) in [6.07, 6.45) is 1.49. The molecular formula is C26H28N2O6. The number of rotatable bonds is 7. The van der Waals surface area contributed by atoms with E-state index in [0.29, 0.717) is 25.9 Å². The Kier molecular flexibility index (Phi) is 5.77. The Morgan fingerprint density at radius 1 is 1.00 bits per heavy atom. The topological polar surface area (TPSA) is 114 Å². The van der Waals surface area contributed by atoms with E-state index in [4.69, 9.17) is 9.47 Å². The van der Waals surface area contributed by atoms with E-state index < -0.39 is 28.9 Å². The van der Waals surface area contributed by atoms with E-state index in [2.05, 4.69) is 22.8 Å². The third-order valence-electron chi connectivity index (χ3n) is 7.49. The number of aliphatic carboxylic acids is 1. The number of carbonyl (C=O) groups is 3. The highest BCUT2D eigenvalue weighted by Crippen LogP contribution is 2.44. The number of hydrogen-bond donors (Lipinski definition) is 3. The molecular weight excluding hydrogens is 436 g/mol. The van der Waals surface area contributed by atoms with Crippen LogP contribution in [0.2, 0.25) is 0 Å². The third kappa shape index (κ3) is 3.81. The molecule has 2 aromatic carbocycles. The predicted octanol–water partition coefficient (Wildman–Crippen LogP) is 3.06. The summed E-state index contributed by atoms with van der Waals surface area (Å²) in [6.45, 7) is 0.514. The lowest BCUT2D eigenvalue weighted by Gasteiger charge is -2.38. The lowest BCUT2D eigenvalue weighted by molar-refractivity contribution is -0.154. The van der Waals surface area contributed by atoms with E-state index in [1.807, 2.05) is 36.4 Å². The summed E-state index contributed by atoms with van der Waals surface area (Å²) in [6, 6.07) is 16.1. The van der Waals surface area contributed by atoms with Gasteiger partial charge in [0, 0.05) is 25.5 Å². The highest BCUT2D eigenvalue weighted by molar-refractivity contribution is 5.91. The van der Waals surface area contributed by atoms with Gasteiger partial charge in [-0.1, -0.05) is 55.0 Å². The molecule has 2 fully saturated rings. The molecule has 8 heteroatoms. The summed E-state index contributed by atoms with van der Waals surface area (Å²) in [7, 11) is 0. The maximum absolute atomic E-state index is 13.0. The number of benzene rings is 2.